The highest BCUT2D eigenvalue weighted by atomic mass is 16.5. The van der Waals surface area contributed by atoms with Gasteiger partial charge in [0.25, 0.3) is 0 Å². The molecule has 104 valence electrons. The highest BCUT2D eigenvalue weighted by Crippen LogP contribution is 2.35. The van der Waals surface area contributed by atoms with Gasteiger partial charge in [0.05, 0.1) is 32.2 Å². The van der Waals surface area contributed by atoms with Crippen LogP contribution in [0.25, 0.3) is 0 Å². The van der Waals surface area contributed by atoms with E-state index in [4.69, 9.17) is 9.47 Å². The number of ether oxygens (including phenoxy) is 2. The molecule has 2 atom stereocenters. The number of rotatable bonds is 6. The van der Waals surface area contributed by atoms with Crippen LogP contribution in [-0.2, 0) is 0 Å². The average molecular weight is 262 g/mol. The van der Waals surface area contributed by atoms with Gasteiger partial charge in [0.2, 0.25) is 0 Å². The Morgan fingerprint density at radius 2 is 1.89 bits per heavy atom. The van der Waals surface area contributed by atoms with E-state index < -0.39 is 0 Å². The van der Waals surface area contributed by atoms with Crippen LogP contribution in [-0.4, -0.2) is 21.3 Å². The summed E-state index contributed by atoms with van der Waals surface area (Å²) in [5.41, 5.74) is 0.978. The highest BCUT2D eigenvalue weighted by molar-refractivity contribution is 5.43. The van der Waals surface area contributed by atoms with Gasteiger partial charge in [0.1, 0.15) is 11.5 Å². The van der Waals surface area contributed by atoms with Crippen molar-refractivity contribution in [1.29, 1.82) is 5.26 Å². The lowest BCUT2D eigenvalue weighted by atomic mass is 9.85. The van der Waals surface area contributed by atoms with Gasteiger partial charge in [0.15, 0.2) is 0 Å². The van der Waals surface area contributed by atoms with Gasteiger partial charge in [-0.3, -0.25) is 0 Å². The first-order chi connectivity index (χ1) is 9.08. The topological polar surface area (TPSA) is 54.3 Å². The molecule has 0 saturated heterocycles. The Balaban J connectivity index is 3.21. The van der Waals surface area contributed by atoms with E-state index in [0.717, 1.165) is 17.1 Å². The second-order valence-corrected chi connectivity index (χ2v) is 4.77. The first kappa shape index (κ1) is 15.3. The molecule has 0 aliphatic carbocycles. The largest absolute Gasteiger partial charge is 0.497 e. The Hall–Kier alpha value is -1.73. The number of methoxy groups -OCH3 is 2. The maximum absolute atomic E-state index is 9.37. The standard InChI is InChI=1S/C15H22N2O2/c1-10(2)13(9-16)15(17-3)12-7-6-11(18-4)8-14(12)19-5/h6-8,10,13,15,17H,1-5H3. The summed E-state index contributed by atoms with van der Waals surface area (Å²) < 4.78 is 10.6. The molecule has 0 fully saturated rings. The van der Waals surface area contributed by atoms with Gasteiger partial charge < -0.3 is 14.8 Å². The van der Waals surface area contributed by atoms with Crippen LogP contribution in [0.4, 0.5) is 0 Å². The third-order valence-electron chi connectivity index (χ3n) is 3.31. The van der Waals surface area contributed by atoms with Gasteiger partial charge in [0, 0.05) is 11.6 Å². The minimum Gasteiger partial charge on any atom is -0.497 e. The number of hydrogen-bond acceptors (Lipinski definition) is 4. The molecular formula is C15H22N2O2. The fourth-order valence-corrected chi connectivity index (χ4v) is 2.21. The lowest BCUT2D eigenvalue weighted by molar-refractivity contribution is 0.341. The summed E-state index contributed by atoms with van der Waals surface area (Å²) in [5, 5.41) is 12.6. The second-order valence-electron chi connectivity index (χ2n) is 4.77. The molecular weight excluding hydrogens is 240 g/mol. The first-order valence-electron chi connectivity index (χ1n) is 6.37. The maximum Gasteiger partial charge on any atom is 0.127 e. The van der Waals surface area contributed by atoms with Crippen molar-refractivity contribution >= 4 is 0 Å². The third-order valence-corrected chi connectivity index (χ3v) is 3.31. The van der Waals surface area contributed by atoms with Gasteiger partial charge in [-0.25, -0.2) is 0 Å². The molecule has 0 heterocycles. The van der Waals surface area contributed by atoms with Gasteiger partial charge >= 0.3 is 0 Å². The second kappa shape index (κ2) is 7.01. The van der Waals surface area contributed by atoms with E-state index in [1.54, 1.807) is 14.2 Å². The summed E-state index contributed by atoms with van der Waals surface area (Å²) in [5.74, 6) is 1.62. The zero-order chi connectivity index (χ0) is 14.4. The fourth-order valence-electron chi connectivity index (χ4n) is 2.21. The van der Waals surface area contributed by atoms with Crippen molar-refractivity contribution in [3.8, 4) is 17.6 Å². The van der Waals surface area contributed by atoms with E-state index in [0.29, 0.717) is 0 Å². The summed E-state index contributed by atoms with van der Waals surface area (Å²) >= 11 is 0. The molecule has 0 saturated carbocycles. The van der Waals surface area contributed by atoms with E-state index in [2.05, 4.69) is 11.4 Å². The van der Waals surface area contributed by atoms with Gasteiger partial charge in [-0.15, -0.1) is 0 Å². The van der Waals surface area contributed by atoms with Crippen LogP contribution in [0, 0.1) is 23.2 Å². The number of nitrogens with one attached hydrogen (secondary N) is 1. The van der Waals surface area contributed by atoms with Crippen LogP contribution in [0.15, 0.2) is 18.2 Å². The summed E-state index contributed by atoms with van der Waals surface area (Å²) in [4.78, 5) is 0. The summed E-state index contributed by atoms with van der Waals surface area (Å²) in [7, 11) is 5.11. The average Bonchev–Trinajstić information content (AvgIpc) is 2.43. The van der Waals surface area contributed by atoms with E-state index >= 15 is 0 Å². The van der Waals surface area contributed by atoms with Crippen LogP contribution in [0.1, 0.15) is 25.5 Å². The number of nitriles is 1. The predicted octanol–water partition coefficient (Wildman–Crippen LogP) is 2.76. The first-order valence-corrected chi connectivity index (χ1v) is 6.37. The van der Waals surface area contributed by atoms with Crippen LogP contribution in [0.5, 0.6) is 11.5 Å². The van der Waals surface area contributed by atoms with E-state index in [9.17, 15) is 5.26 Å². The molecule has 1 aromatic carbocycles. The minimum absolute atomic E-state index is 0.0640. The molecule has 0 aliphatic rings. The van der Waals surface area contributed by atoms with Gasteiger partial charge in [-0.2, -0.15) is 5.26 Å². The lowest BCUT2D eigenvalue weighted by Gasteiger charge is -2.26. The van der Waals surface area contributed by atoms with Crippen LogP contribution in [0.3, 0.4) is 0 Å². The predicted molar refractivity (Wildman–Crippen MR) is 75.3 cm³/mol. The quantitative estimate of drug-likeness (QED) is 0.856. The molecule has 2 unspecified atom stereocenters. The zero-order valence-electron chi connectivity index (χ0n) is 12.2. The molecule has 1 aromatic rings. The van der Waals surface area contributed by atoms with Crippen LogP contribution >= 0.6 is 0 Å². The molecule has 19 heavy (non-hydrogen) atoms. The Kier molecular flexibility index (Phi) is 5.65. The van der Waals surface area contributed by atoms with Crippen LogP contribution in [0.2, 0.25) is 0 Å². The molecule has 1 N–H and O–H groups in total. The molecule has 0 aliphatic heterocycles. The number of nitrogens with zero attached hydrogens (tertiary/aromatic N) is 1. The van der Waals surface area contributed by atoms with E-state index in [1.165, 1.54) is 0 Å². The number of benzene rings is 1. The van der Waals surface area contributed by atoms with Crippen molar-refractivity contribution < 1.29 is 9.47 Å². The van der Waals surface area contributed by atoms with Gasteiger partial charge in [-0.1, -0.05) is 19.9 Å². The Morgan fingerprint density at radius 1 is 1.21 bits per heavy atom. The smallest absolute Gasteiger partial charge is 0.127 e. The van der Waals surface area contributed by atoms with Crippen molar-refractivity contribution in [1.82, 2.24) is 5.32 Å². The Labute approximate surface area is 115 Å². The molecule has 4 nitrogen and oxygen atoms in total. The normalized spacial score (nSPS) is 13.7. The van der Waals surface area contributed by atoms with E-state index in [-0.39, 0.29) is 17.9 Å². The molecule has 0 spiro atoms. The lowest BCUT2D eigenvalue weighted by Crippen LogP contribution is -2.28. The monoisotopic (exact) mass is 262 g/mol. The van der Waals surface area contributed by atoms with Gasteiger partial charge in [-0.05, 0) is 19.0 Å². The maximum atomic E-state index is 9.37. The summed E-state index contributed by atoms with van der Waals surface area (Å²) in [6.45, 7) is 4.10. The molecule has 0 bridgehead atoms. The van der Waals surface area contributed by atoms with Crippen molar-refractivity contribution in [2.24, 2.45) is 11.8 Å². The Bertz CT molecular complexity index is 452. The summed E-state index contributed by atoms with van der Waals surface area (Å²) in [6, 6.07) is 8.00. The van der Waals surface area contributed by atoms with E-state index in [1.807, 2.05) is 39.1 Å². The highest BCUT2D eigenvalue weighted by Gasteiger charge is 2.27. The van der Waals surface area contributed by atoms with Crippen molar-refractivity contribution in [2.45, 2.75) is 19.9 Å². The fraction of sp³-hybridized carbons (Fsp3) is 0.533. The SMILES string of the molecule is CNC(c1ccc(OC)cc1OC)C(C#N)C(C)C. The molecule has 0 radical (unpaired) electrons. The zero-order valence-corrected chi connectivity index (χ0v) is 12.2. The molecule has 0 aromatic heterocycles. The molecule has 0 amide bonds. The minimum atomic E-state index is -0.118. The van der Waals surface area contributed by atoms with Crippen molar-refractivity contribution in [3.05, 3.63) is 23.8 Å². The molecule has 4 heteroatoms. The third kappa shape index (κ3) is 3.39. The van der Waals surface area contributed by atoms with Crippen molar-refractivity contribution in [2.75, 3.05) is 21.3 Å². The molecule has 1 rings (SSSR count). The number of hydrogen-bond donors (Lipinski definition) is 1. The van der Waals surface area contributed by atoms with Crippen molar-refractivity contribution in [3.63, 3.8) is 0 Å². The Morgan fingerprint density at radius 3 is 2.32 bits per heavy atom. The van der Waals surface area contributed by atoms with Crippen LogP contribution < -0.4 is 14.8 Å². The summed E-state index contributed by atoms with van der Waals surface area (Å²) in [6.07, 6.45) is 0.